The molecule has 294 valence electrons. The third-order valence-electron chi connectivity index (χ3n) is 12.0. The number of rotatable bonds is 11. The third kappa shape index (κ3) is 7.49. The molecule has 0 atom stereocenters. The highest BCUT2D eigenvalue weighted by molar-refractivity contribution is 7.19. The summed E-state index contributed by atoms with van der Waals surface area (Å²) in [6.45, 7) is 0. The maximum Gasteiger partial charge on any atom is 0.179 e. The smallest absolute Gasteiger partial charge is 0.179 e. The van der Waals surface area contributed by atoms with E-state index in [4.69, 9.17) is 0 Å². The van der Waals surface area contributed by atoms with Gasteiger partial charge >= 0.3 is 0 Å². The van der Waals surface area contributed by atoms with Crippen molar-refractivity contribution in [1.82, 2.24) is 0 Å². The fourth-order valence-electron chi connectivity index (χ4n) is 9.05. The highest BCUT2D eigenvalue weighted by Crippen LogP contribution is 2.43. The molecule has 0 bridgehead atoms. The van der Waals surface area contributed by atoms with Gasteiger partial charge in [-0.15, -0.1) is 0 Å². The van der Waals surface area contributed by atoms with Gasteiger partial charge < -0.3 is 4.90 Å². The average molecular weight is 808 g/mol. The fourth-order valence-corrected chi connectivity index (χ4v) is 13.8. The van der Waals surface area contributed by atoms with Gasteiger partial charge in [0, 0.05) is 16.9 Å². The first-order valence-electron chi connectivity index (χ1n) is 21.3. The number of benzene rings is 10. The van der Waals surface area contributed by atoms with E-state index in [-0.39, 0.29) is 0 Å². The Hall–Kier alpha value is -7.78. The van der Waals surface area contributed by atoms with Crippen molar-refractivity contribution < 1.29 is 0 Å². The van der Waals surface area contributed by atoms with Gasteiger partial charge in [-0.1, -0.05) is 237 Å². The number of hydrogen-bond acceptors (Lipinski definition) is 1. The minimum Gasteiger partial charge on any atom is -0.310 e. The maximum atomic E-state index is 2.45. The molecular weight excluding hydrogens is 763 g/mol. The molecule has 10 rings (SSSR count). The Bertz CT molecular complexity index is 2910. The van der Waals surface area contributed by atoms with E-state index in [2.05, 4.69) is 278 Å². The van der Waals surface area contributed by atoms with Gasteiger partial charge in [0.1, 0.15) is 0 Å². The van der Waals surface area contributed by atoms with Gasteiger partial charge in [0.15, 0.2) is 8.07 Å². The van der Waals surface area contributed by atoms with Crippen LogP contribution in [0.5, 0.6) is 0 Å². The van der Waals surface area contributed by atoms with Crippen LogP contribution >= 0.6 is 0 Å². The zero-order valence-electron chi connectivity index (χ0n) is 34.4. The Kier molecular flexibility index (Phi) is 10.8. The Morgan fingerprint density at radius 1 is 0.226 bits per heavy atom. The number of hydrogen-bond donors (Lipinski definition) is 0. The lowest BCUT2D eigenvalue weighted by Crippen LogP contribution is -2.74. The van der Waals surface area contributed by atoms with E-state index in [0.717, 1.165) is 17.1 Å². The molecule has 0 aliphatic carbocycles. The van der Waals surface area contributed by atoms with Gasteiger partial charge in [0.25, 0.3) is 0 Å². The van der Waals surface area contributed by atoms with Crippen LogP contribution in [0.4, 0.5) is 17.1 Å². The van der Waals surface area contributed by atoms with Crippen LogP contribution in [0.2, 0.25) is 0 Å². The van der Waals surface area contributed by atoms with Crippen molar-refractivity contribution >= 4 is 45.9 Å². The second-order valence-corrected chi connectivity index (χ2v) is 19.5. The van der Waals surface area contributed by atoms with E-state index in [1.165, 1.54) is 65.3 Å². The molecule has 0 radical (unpaired) electrons. The van der Waals surface area contributed by atoms with Crippen molar-refractivity contribution in [3.63, 3.8) is 0 Å². The highest BCUT2D eigenvalue weighted by atomic mass is 28.3. The Morgan fingerprint density at radius 2 is 0.548 bits per heavy atom. The van der Waals surface area contributed by atoms with E-state index in [1.54, 1.807) is 0 Å². The molecule has 1 nitrogen and oxygen atoms in total. The first-order valence-corrected chi connectivity index (χ1v) is 23.3. The largest absolute Gasteiger partial charge is 0.310 e. The van der Waals surface area contributed by atoms with E-state index >= 15 is 0 Å². The topological polar surface area (TPSA) is 3.24 Å². The van der Waals surface area contributed by atoms with Crippen molar-refractivity contribution in [2.24, 2.45) is 0 Å². The minimum absolute atomic E-state index is 1.09. The highest BCUT2D eigenvalue weighted by Gasteiger charge is 2.41. The molecule has 10 aromatic rings. The van der Waals surface area contributed by atoms with E-state index in [1.807, 2.05) is 0 Å². The molecule has 2 heteroatoms. The SMILES string of the molecule is c1ccc(-c2ccc(N(c3ccc(-c4cccc([Si](c5ccccc5)(c5ccccc5)c5ccccc5)c4)cc3)c3ccc(-c4ccccc4)cc3-c3ccccc3)cc2)cc1. The van der Waals surface area contributed by atoms with Gasteiger partial charge in [-0.05, 0) is 96.1 Å². The van der Waals surface area contributed by atoms with Crippen LogP contribution in [-0.2, 0) is 0 Å². The minimum atomic E-state index is -2.69. The summed E-state index contributed by atoms with van der Waals surface area (Å²) in [5.41, 5.74) is 12.8. The van der Waals surface area contributed by atoms with Crippen LogP contribution in [0.15, 0.2) is 273 Å². The van der Waals surface area contributed by atoms with Crippen LogP contribution < -0.4 is 25.6 Å². The third-order valence-corrected chi connectivity index (χ3v) is 16.8. The van der Waals surface area contributed by atoms with Crippen LogP contribution in [0.3, 0.4) is 0 Å². The molecular formula is C60H45NSi. The molecule has 10 aromatic carbocycles. The Labute approximate surface area is 366 Å². The molecule has 0 spiro atoms. The molecule has 0 N–H and O–H groups in total. The summed E-state index contributed by atoms with van der Waals surface area (Å²) in [7, 11) is -2.69. The lowest BCUT2D eigenvalue weighted by molar-refractivity contribution is 1.28. The van der Waals surface area contributed by atoms with Crippen LogP contribution in [0.1, 0.15) is 0 Å². The standard InChI is InChI=1S/C60H45NSi/c1-7-20-46(21-8-1)48-34-39-53(40-35-48)61(60-43-38-52(47-22-9-2-10-23-47)45-59(60)50-24-11-3-12-25-50)54-41-36-49(37-42-54)51-26-19-33-58(44-51)62(55-27-13-4-14-28-55,56-29-15-5-16-30-56)57-31-17-6-18-32-57/h1-45H. The van der Waals surface area contributed by atoms with E-state index in [0.29, 0.717) is 0 Å². The molecule has 0 unspecified atom stereocenters. The van der Waals surface area contributed by atoms with Gasteiger partial charge in [-0.2, -0.15) is 0 Å². The predicted octanol–water partition coefficient (Wildman–Crippen LogP) is 13.2. The van der Waals surface area contributed by atoms with Gasteiger partial charge in [0.05, 0.1) is 5.69 Å². The molecule has 62 heavy (non-hydrogen) atoms. The molecule has 0 amide bonds. The zero-order chi connectivity index (χ0) is 41.6. The van der Waals surface area contributed by atoms with Gasteiger partial charge in [-0.25, -0.2) is 0 Å². The lowest BCUT2D eigenvalue weighted by Gasteiger charge is -2.34. The normalized spacial score (nSPS) is 11.2. The first kappa shape index (κ1) is 38.4. The average Bonchev–Trinajstić information content (AvgIpc) is 3.37. The van der Waals surface area contributed by atoms with Crippen molar-refractivity contribution in [2.45, 2.75) is 0 Å². The van der Waals surface area contributed by atoms with Crippen molar-refractivity contribution in [1.29, 1.82) is 0 Å². The summed E-state index contributed by atoms with van der Waals surface area (Å²) in [5.74, 6) is 0. The number of nitrogens with zero attached hydrogens (tertiary/aromatic N) is 1. The Morgan fingerprint density at radius 3 is 1.02 bits per heavy atom. The molecule has 0 aromatic heterocycles. The molecule has 0 aliphatic rings. The summed E-state index contributed by atoms with van der Waals surface area (Å²) < 4.78 is 0. The van der Waals surface area contributed by atoms with Crippen LogP contribution in [0.25, 0.3) is 44.5 Å². The monoisotopic (exact) mass is 807 g/mol. The zero-order valence-corrected chi connectivity index (χ0v) is 35.4. The lowest BCUT2D eigenvalue weighted by atomic mass is 9.96. The number of anilines is 3. The summed E-state index contributed by atoms with van der Waals surface area (Å²) in [5, 5.41) is 5.46. The molecule has 0 fully saturated rings. The first-order chi connectivity index (χ1) is 30.8. The second kappa shape index (κ2) is 17.4. The van der Waals surface area contributed by atoms with Crippen LogP contribution in [-0.4, -0.2) is 8.07 Å². The summed E-state index contributed by atoms with van der Waals surface area (Å²) in [4.78, 5) is 2.41. The van der Waals surface area contributed by atoms with Crippen molar-refractivity contribution in [3.05, 3.63) is 273 Å². The summed E-state index contributed by atoms with van der Waals surface area (Å²) in [6, 6.07) is 99.7. The molecule has 0 heterocycles. The van der Waals surface area contributed by atoms with Crippen molar-refractivity contribution in [2.75, 3.05) is 4.90 Å². The van der Waals surface area contributed by atoms with Gasteiger partial charge in [0.2, 0.25) is 0 Å². The van der Waals surface area contributed by atoms with Crippen LogP contribution in [0, 0.1) is 0 Å². The predicted molar refractivity (Wildman–Crippen MR) is 266 cm³/mol. The Balaban J connectivity index is 1.11. The summed E-state index contributed by atoms with van der Waals surface area (Å²) >= 11 is 0. The maximum absolute atomic E-state index is 2.69. The molecule has 0 saturated heterocycles. The summed E-state index contributed by atoms with van der Waals surface area (Å²) in [6.07, 6.45) is 0. The molecule has 0 saturated carbocycles. The van der Waals surface area contributed by atoms with Gasteiger partial charge in [-0.3, -0.25) is 0 Å². The van der Waals surface area contributed by atoms with E-state index < -0.39 is 8.07 Å². The van der Waals surface area contributed by atoms with Crippen molar-refractivity contribution in [3.8, 4) is 44.5 Å². The van der Waals surface area contributed by atoms with E-state index in [9.17, 15) is 0 Å². The fraction of sp³-hybridized carbons (Fsp3) is 0. The second-order valence-electron chi connectivity index (χ2n) is 15.7. The molecule has 0 aliphatic heterocycles. The quantitative estimate of drug-likeness (QED) is 0.0929.